The lowest BCUT2D eigenvalue weighted by molar-refractivity contribution is -0.137. The molecular weight excluding hydrogens is 240 g/mol. The third kappa shape index (κ3) is 2.76. The van der Waals surface area contributed by atoms with Crippen LogP contribution < -0.4 is 4.74 Å². The van der Waals surface area contributed by atoms with Crippen LogP contribution in [0.15, 0.2) is 48.5 Å². The lowest BCUT2D eigenvalue weighted by Crippen LogP contribution is -2.14. The van der Waals surface area contributed by atoms with Gasteiger partial charge < -0.3 is 9.84 Å². The van der Waals surface area contributed by atoms with E-state index in [9.17, 15) is 9.90 Å². The summed E-state index contributed by atoms with van der Waals surface area (Å²) in [6, 6.07) is 14.7. The van der Waals surface area contributed by atoms with Crippen molar-refractivity contribution >= 4 is 5.97 Å². The Morgan fingerprint density at radius 2 is 1.74 bits per heavy atom. The fraction of sp³-hybridized carbons (Fsp3) is 0.188. The summed E-state index contributed by atoms with van der Waals surface area (Å²) in [7, 11) is 1.55. The zero-order valence-electron chi connectivity index (χ0n) is 11.0. The van der Waals surface area contributed by atoms with Gasteiger partial charge in [-0.3, -0.25) is 4.79 Å². The molecule has 0 radical (unpaired) electrons. The summed E-state index contributed by atoms with van der Waals surface area (Å²) in [5, 5.41) is 9.51. The van der Waals surface area contributed by atoms with Crippen molar-refractivity contribution in [3.05, 3.63) is 65.2 Å². The summed E-state index contributed by atoms with van der Waals surface area (Å²) in [5.41, 5.74) is 2.52. The van der Waals surface area contributed by atoms with Crippen molar-refractivity contribution < 1.29 is 14.6 Å². The molecular formula is C16H16O3. The second-order valence-electron chi connectivity index (χ2n) is 4.42. The second kappa shape index (κ2) is 5.57. The van der Waals surface area contributed by atoms with Crippen molar-refractivity contribution in [1.82, 2.24) is 0 Å². The maximum atomic E-state index is 11.6. The maximum absolute atomic E-state index is 11.6. The summed E-state index contributed by atoms with van der Waals surface area (Å²) in [6.07, 6.45) is 0. The van der Waals surface area contributed by atoms with Gasteiger partial charge in [0.2, 0.25) is 0 Å². The molecule has 19 heavy (non-hydrogen) atoms. The number of aryl methyl sites for hydroxylation is 1. The van der Waals surface area contributed by atoms with E-state index in [0.717, 1.165) is 11.1 Å². The van der Waals surface area contributed by atoms with Gasteiger partial charge in [-0.1, -0.05) is 48.0 Å². The largest absolute Gasteiger partial charge is 0.496 e. The van der Waals surface area contributed by atoms with Crippen molar-refractivity contribution in [3.8, 4) is 5.75 Å². The highest BCUT2D eigenvalue weighted by Crippen LogP contribution is 2.32. The van der Waals surface area contributed by atoms with Crippen molar-refractivity contribution in [1.29, 1.82) is 0 Å². The van der Waals surface area contributed by atoms with E-state index < -0.39 is 11.9 Å². The zero-order chi connectivity index (χ0) is 13.8. The first-order chi connectivity index (χ1) is 9.13. The minimum absolute atomic E-state index is 0.593. The van der Waals surface area contributed by atoms with Crippen LogP contribution in [0.2, 0.25) is 0 Å². The quantitative estimate of drug-likeness (QED) is 0.913. The van der Waals surface area contributed by atoms with Gasteiger partial charge in [0, 0.05) is 5.56 Å². The molecule has 3 nitrogen and oxygen atoms in total. The standard InChI is InChI=1S/C16H16O3/c1-11-7-9-12(10-8-11)15(16(17)18)13-5-3-4-6-14(13)19-2/h3-10,15H,1-2H3,(H,17,18). The van der Waals surface area contributed by atoms with Gasteiger partial charge in [0.05, 0.1) is 7.11 Å². The fourth-order valence-electron chi connectivity index (χ4n) is 2.12. The zero-order valence-corrected chi connectivity index (χ0v) is 11.0. The molecule has 0 spiro atoms. The molecule has 0 aliphatic rings. The van der Waals surface area contributed by atoms with Crippen LogP contribution in [0.1, 0.15) is 22.6 Å². The first-order valence-corrected chi connectivity index (χ1v) is 6.05. The first-order valence-electron chi connectivity index (χ1n) is 6.05. The normalized spacial score (nSPS) is 11.9. The van der Waals surface area contributed by atoms with Crippen LogP contribution in [0.5, 0.6) is 5.75 Å². The van der Waals surface area contributed by atoms with Gasteiger partial charge in [-0.2, -0.15) is 0 Å². The highest BCUT2D eigenvalue weighted by atomic mass is 16.5. The van der Waals surface area contributed by atoms with Crippen LogP contribution in [0, 0.1) is 6.92 Å². The maximum Gasteiger partial charge on any atom is 0.315 e. The molecule has 0 aliphatic heterocycles. The van der Waals surface area contributed by atoms with Gasteiger partial charge in [-0.15, -0.1) is 0 Å². The van der Waals surface area contributed by atoms with Gasteiger partial charge in [-0.25, -0.2) is 0 Å². The van der Waals surface area contributed by atoms with Crippen LogP contribution >= 0.6 is 0 Å². The van der Waals surface area contributed by atoms with Gasteiger partial charge in [-0.05, 0) is 18.6 Å². The number of aliphatic carboxylic acids is 1. The Morgan fingerprint density at radius 3 is 2.32 bits per heavy atom. The van der Waals surface area contributed by atoms with E-state index in [1.165, 1.54) is 0 Å². The topological polar surface area (TPSA) is 46.5 Å². The van der Waals surface area contributed by atoms with Gasteiger partial charge in [0.15, 0.2) is 0 Å². The molecule has 0 amide bonds. The predicted molar refractivity (Wildman–Crippen MR) is 73.7 cm³/mol. The highest BCUT2D eigenvalue weighted by molar-refractivity contribution is 5.81. The minimum atomic E-state index is -0.881. The monoisotopic (exact) mass is 256 g/mol. The Labute approximate surface area is 112 Å². The van der Waals surface area contributed by atoms with E-state index in [1.807, 2.05) is 43.3 Å². The van der Waals surface area contributed by atoms with E-state index in [4.69, 9.17) is 4.74 Å². The van der Waals surface area contributed by atoms with E-state index in [1.54, 1.807) is 19.2 Å². The van der Waals surface area contributed by atoms with Crippen LogP contribution in [0.4, 0.5) is 0 Å². The molecule has 2 aromatic rings. The summed E-state index contributed by atoms with van der Waals surface area (Å²) < 4.78 is 5.26. The number of hydrogen-bond acceptors (Lipinski definition) is 2. The molecule has 1 unspecified atom stereocenters. The van der Waals surface area contributed by atoms with Crippen molar-refractivity contribution in [2.75, 3.05) is 7.11 Å². The summed E-state index contributed by atoms with van der Waals surface area (Å²) in [6.45, 7) is 1.97. The van der Waals surface area contributed by atoms with Gasteiger partial charge >= 0.3 is 5.97 Å². The molecule has 1 N–H and O–H groups in total. The van der Waals surface area contributed by atoms with Crippen molar-refractivity contribution in [3.63, 3.8) is 0 Å². The lowest BCUT2D eigenvalue weighted by atomic mass is 9.90. The molecule has 0 aliphatic carbocycles. The summed E-state index contributed by atoms with van der Waals surface area (Å²) in [5.74, 6) is -0.999. The Hall–Kier alpha value is -2.29. The number of hydrogen-bond donors (Lipinski definition) is 1. The SMILES string of the molecule is COc1ccccc1C(C(=O)O)c1ccc(C)cc1. The molecule has 98 valence electrons. The van der Waals surface area contributed by atoms with E-state index in [-0.39, 0.29) is 0 Å². The predicted octanol–water partition coefficient (Wildman–Crippen LogP) is 3.22. The number of carboxylic acids is 1. The number of carbonyl (C=O) groups is 1. The summed E-state index contributed by atoms with van der Waals surface area (Å²) in [4.78, 5) is 11.6. The van der Waals surface area contributed by atoms with Gasteiger partial charge in [0.25, 0.3) is 0 Å². The minimum Gasteiger partial charge on any atom is -0.496 e. The number of ether oxygens (including phenoxy) is 1. The third-order valence-electron chi connectivity index (χ3n) is 3.11. The molecule has 0 aromatic heterocycles. The number of benzene rings is 2. The average molecular weight is 256 g/mol. The molecule has 0 fully saturated rings. The summed E-state index contributed by atoms with van der Waals surface area (Å²) >= 11 is 0. The molecule has 1 atom stereocenters. The molecule has 3 heteroatoms. The molecule has 2 aromatic carbocycles. The van der Waals surface area contributed by atoms with E-state index >= 15 is 0 Å². The average Bonchev–Trinajstić information content (AvgIpc) is 2.41. The third-order valence-corrected chi connectivity index (χ3v) is 3.11. The number of para-hydroxylation sites is 1. The number of rotatable bonds is 4. The van der Waals surface area contributed by atoms with Crippen molar-refractivity contribution in [2.24, 2.45) is 0 Å². The van der Waals surface area contributed by atoms with E-state index in [0.29, 0.717) is 11.3 Å². The molecule has 0 bridgehead atoms. The smallest absolute Gasteiger partial charge is 0.315 e. The highest BCUT2D eigenvalue weighted by Gasteiger charge is 2.24. The van der Waals surface area contributed by atoms with E-state index in [2.05, 4.69) is 0 Å². The molecule has 2 rings (SSSR count). The van der Waals surface area contributed by atoms with Crippen LogP contribution in [-0.2, 0) is 4.79 Å². The van der Waals surface area contributed by atoms with Crippen LogP contribution in [0.25, 0.3) is 0 Å². The van der Waals surface area contributed by atoms with Crippen LogP contribution in [0.3, 0.4) is 0 Å². The lowest BCUT2D eigenvalue weighted by Gasteiger charge is -2.16. The molecule has 0 heterocycles. The first kappa shape index (κ1) is 13.1. The Morgan fingerprint density at radius 1 is 1.11 bits per heavy atom. The molecule has 0 saturated carbocycles. The molecule has 0 saturated heterocycles. The second-order valence-corrected chi connectivity index (χ2v) is 4.42. The van der Waals surface area contributed by atoms with Gasteiger partial charge in [0.1, 0.15) is 11.7 Å². The number of carboxylic acid groups (broad SMARTS) is 1. The van der Waals surface area contributed by atoms with Crippen molar-refractivity contribution in [2.45, 2.75) is 12.8 Å². The fourth-order valence-corrected chi connectivity index (χ4v) is 2.12. The Bertz CT molecular complexity index is 573. The Kier molecular flexibility index (Phi) is 3.85. The number of methoxy groups -OCH3 is 1. The Balaban J connectivity index is 2.51. The van der Waals surface area contributed by atoms with Crippen LogP contribution in [-0.4, -0.2) is 18.2 Å².